The summed E-state index contributed by atoms with van der Waals surface area (Å²) >= 11 is 0. The zero-order chi connectivity index (χ0) is 15.4. The molecule has 20 heavy (non-hydrogen) atoms. The van der Waals surface area contributed by atoms with Crippen molar-refractivity contribution < 1.29 is 13.2 Å². The number of rotatable bonds is 6. The third-order valence-corrected chi connectivity index (χ3v) is 5.03. The quantitative estimate of drug-likeness (QED) is 0.757. The smallest absolute Gasteiger partial charge is 0.253 e. The van der Waals surface area contributed by atoms with Crippen molar-refractivity contribution in [2.24, 2.45) is 5.14 Å². The van der Waals surface area contributed by atoms with Crippen LogP contribution in [-0.4, -0.2) is 37.8 Å². The second-order valence-corrected chi connectivity index (χ2v) is 6.28. The lowest BCUT2D eigenvalue weighted by Gasteiger charge is -2.39. The van der Waals surface area contributed by atoms with Crippen LogP contribution < -0.4 is 10.5 Å². The van der Waals surface area contributed by atoms with Crippen molar-refractivity contribution in [3.8, 4) is 0 Å². The van der Waals surface area contributed by atoms with Gasteiger partial charge in [-0.15, -0.1) is 0 Å². The molecule has 1 amide bonds. The number of hydrogen-bond donors (Lipinski definition) is 2. The maximum atomic E-state index is 12.2. The van der Waals surface area contributed by atoms with Crippen LogP contribution in [0.4, 0.5) is 0 Å². The Labute approximate surface area is 120 Å². The Morgan fingerprint density at radius 1 is 1.30 bits per heavy atom. The topological polar surface area (TPSA) is 92.5 Å². The summed E-state index contributed by atoms with van der Waals surface area (Å²) in [5.74, 6) is -0.471. The average Bonchev–Trinajstić information content (AvgIpc) is 2.43. The monoisotopic (exact) mass is 299 g/mol. The molecule has 0 spiro atoms. The van der Waals surface area contributed by atoms with Crippen molar-refractivity contribution >= 4 is 15.9 Å². The Bertz CT molecular complexity index is 559. The first-order chi connectivity index (χ1) is 9.28. The molecule has 0 heterocycles. The number of nitrogens with one attached hydrogen (secondary N) is 1. The molecule has 1 aromatic rings. The molecular weight excluding hydrogens is 278 g/mol. The van der Waals surface area contributed by atoms with Gasteiger partial charge in [-0.2, -0.15) is 0 Å². The van der Waals surface area contributed by atoms with Gasteiger partial charge in [-0.1, -0.05) is 32.0 Å². The van der Waals surface area contributed by atoms with E-state index in [-0.39, 0.29) is 6.42 Å². The largest absolute Gasteiger partial charge is 0.320 e. The molecule has 0 aliphatic carbocycles. The number of carbonyl (C=O) groups is 1. The fraction of sp³-hybridized carbons (Fsp3) is 0.462. The zero-order valence-corrected chi connectivity index (χ0v) is 12.8. The number of sulfonamides is 1. The van der Waals surface area contributed by atoms with E-state index in [1.807, 2.05) is 0 Å². The third kappa shape index (κ3) is 3.17. The molecule has 0 radical (unpaired) electrons. The van der Waals surface area contributed by atoms with Crippen LogP contribution in [0.25, 0.3) is 0 Å². The Morgan fingerprint density at radius 2 is 1.85 bits per heavy atom. The van der Waals surface area contributed by atoms with Gasteiger partial charge in [0.1, 0.15) is 0 Å². The molecular formula is C13H21N3O3S. The van der Waals surface area contributed by atoms with Crippen LogP contribution in [0, 0.1) is 0 Å². The summed E-state index contributed by atoms with van der Waals surface area (Å²) in [5.41, 5.74) is 0.387. The van der Waals surface area contributed by atoms with Gasteiger partial charge < -0.3 is 5.32 Å². The lowest BCUT2D eigenvalue weighted by molar-refractivity contribution is 0.0820. The fourth-order valence-corrected chi connectivity index (χ4v) is 3.24. The first kappa shape index (κ1) is 16.6. The number of nitrogens with two attached hydrogens (primary N) is 1. The summed E-state index contributed by atoms with van der Waals surface area (Å²) in [6.07, 6.45) is 0.148. The van der Waals surface area contributed by atoms with Gasteiger partial charge in [0.2, 0.25) is 15.0 Å². The van der Waals surface area contributed by atoms with E-state index in [9.17, 15) is 13.2 Å². The lowest BCUT2D eigenvalue weighted by atomic mass is 10.2. The SMILES string of the molecule is CCN(C)C(CC)(NC(=O)c1ccccc1)S(N)(=O)=O. The van der Waals surface area contributed by atoms with Gasteiger partial charge in [0.25, 0.3) is 5.91 Å². The molecule has 0 fully saturated rings. The maximum Gasteiger partial charge on any atom is 0.253 e. The molecule has 1 aromatic carbocycles. The molecule has 0 aliphatic heterocycles. The Hall–Kier alpha value is -1.44. The van der Waals surface area contributed by atoms with Crippen LogP contribution in [0.3, 0.4) is 0 Å². The first-order valence-electron chi connectivity index (χ1n) is 6.39. The van der Waals surface area contributed by atoms with Gasteiger partial charge in [-0.05, 0) is 32.1 Å². The molecule has 0 aliphatic rings. The van der Waals surface area contributed by atoms with Crippen LogP contribution in [-0.2, 0) is 10.0 Å². The zero-order valence-electron chi connectivity index (χ0n) is 12.0. The highest BCUT2D eigenvalue weighted by molar-refractivity contribution is 7.90. The normalized spacial score (nSPS) is 14.8. The minimum Gasteiger partial charge on any atom is -0.320 e. The second kappa shape index (κ2) is 6.34. The lowest BCUT2D eigenvalue weighted by Crippen LogP contribution is -2.65. The highest BCUT2D eigenvalue weighted by Crippen LogP contribution is 2.21. The van der Waals surface area contributed by atoms with Crippen molar-refractivity contribution in [3.63, 3.8) is 0 Å². The summed E-state index contributed by atoms with van der Waals surface area (Å²) in [6.45, 7) is 3.89. The summed E-state index contributed by atoms with van der Waals surface area (Å²) in [5, 5.41) is 7.91. The summed E-state index contributed by atoms with van der Waals surface area (Å²) in [4.78, 5) is 12.1. The predicted octanol–water partition coefficient (Wildman–Crippen LogP) is 0.720. The van der Waals surface area contributed by atoms with Gasteiger partial charge in [0.05, 0.1) is 0 Å². The van der Waals surface area contributed by atoms with Crippen LogP contribution in [0.2, 0.25) is 0 Å². The van der Waals surface area contributed by atoms with Crippen molar-refractivity contribution in [2.45, 2.75) is 25.3 Å². The molecule has 1 atom stereocenters. The number of benzene rings is 1. The van der Waals surface area contributed by atoms with E-state index >= 15 is 0 Å². The van der Waals surface area contributed by atoms with Gasteiger partial charge in [-0.25, -0.2) is 13.6 Å². The second-order valence-electron chi connectivity index (χ2n) is 4.52. The number of hydrogen-bond acceptors (Lipinski definition) is 4. The van der Waals surface area contributed by atoms with Crippen molar-refractivity contribution in [1.82, 2.24) is 10.2 Å². The molecule has 7 heteroatoms. The molecule has 0 bridgehead atoms. The molecule has 0 saturated carbocycles. The Kier molecular flexibility index (Phi) is 5.27. The molecule has 1 rings (SSSR count). The van der Waals surface area contributed by atoms with Crippen molar-refractivity contribution in [2.75, 3.05) is 13.6 Å². The molecule has 1 unspecified atom stereocenters. The molecule has 3 N–H and O–H groups in total. The first-order valence-corrected chi connectivity index (χ1v) is 7.94. The standard InChI is InChI=1S/C13H21N3O3S/c1-4-13(16(3)5-2,20(14,18)19)15-12(17)11-9-7-6-8-10-11/h6-10H,4-5H2,1-3H3,(H,15,17)(H2,14,18,19). The number of carbonyl (C=O) groups excluding carboxylic acids is 1. The van der Waals surface area contributed by atoms with Gasteiger partial charge >= 0.3 is 0 Å². The number of amides is 1. The van der Waals surface area contributed by atoms with E-state index in [1.54, 1.807) is 51.2 Å². The van der Waals surface area contributed by atoms with Crippen LogP contribution in [0.1, 0.15) is 30.6 Å². The minimum absolute atomic E-state index is 0.148. The van der Waals surface area contributed by atoms with Crippen LogP contribution >= 0.6 is 0 Å². The highest BCUT2D eigenvalue weighted by Gasteiger charge is 2.44. The van der Waals surface area contributed by atoms with Crippen LogP contribution in [0.5, 0.6) is 0 Å². The van der Waals surface area contributed by atoms with Gasteiger partial charge in [0.15, 0.2) is 0 Å². The number of primary sulfonamides is 1. The van der Waals surface area contributed by atoms with E-state index in [0.717, 1.165) is 0 Å². The van der Waals surface area contributed by atoms with E-state index in [1.165, 1.54) is 4.90 Å². The fourth-order valence-electron chi connectivity index (χ4n) is 2.04. The molecule has 112 valence electrons. The summed E-state index contributed by atoms with van der Waals surface area (Å²) in [6, 6.07) is 8.43. The Morgan fingerprint density at radius 3 is 2.25 bits per heavy atom. The van der Waals surface area contributed by atoms with E-state index < -0.39 is 20.9 Å². The molecule has 0 saturated heterocycles. The third-order valence-electron chi connectivity index (χ3n) is 3.39. The highest BCUT2D eigenvalue weighted by atomic mass is 32.2. The van der Waals surface area contributed by atoms with Crippen molar-refractivity contribution in [1.29, 1.82) is 0 Å². The van der Waals surface area contributed by atoms with Gasteiger partial charge in [-0.3, -0.25) is 9.69 Å². The van der Waals surface area contributed by atoms with E-state index in [2.05, 4.69) is 5.32 Å². The molecule has 0 aromatic heterocycles. The maximum absolute atomic E-state index is 12.2. The van der Waals surface area contributed by atoms with Crippen molar-refractivity contribution in [3.05, 3.63) is 35.9 Å². The van der Waals surface area contributed by atoms with E-state index in [0.29, 0.717) is 12.1 Å². The molecule has 6 nitrogen and oxygen atoms in total. The van der Waals surface area contributed by atoms with Crippen LogP contribution in [0.15, 0.2) is 30.3 Å². The summed E-state index contributed by atoms with van der Waals surface area (Å²) < 4.78 is 23.9. The average molecular weight is 299 g/mol. The number of nitrogens with zero attached hydrogens (tertiary/aromatic N) is 1. The summed E-state index contributed by atoms with van der Waals surface area (Å²) in [7, 11) is -2.39. The van der Waals surface area contributed by atoms with Gasteiger partial charge in [0, 0.05) is 5.56 Å². The van der Waals surface area contributed by atoms with E-state index in [4.69, 9.17) is 5.14 Å². The minimum atomic E-state index is -4.00. The predicted molar refractivity (Wildman–Crippen MR) is 78.3 cm³/mol. The Balaban J connectivity index is 3.18.